The zero-order chi connectivity index (χ0) is 16.5. The molecule has 1 amide bonds. The highest BCUT2D eigenvalue weighted by molar-refractivity contribution is 7.99. The van der Waals surface area contributed by atoms with E-state index in [0.29, 0.717) is 5.69 Å². The van der Waals surface area contributed by atoms with Crippen molar-refractivity contribution in [3.8, 4) is 11.3 Å². The molecule has 0 radical (unpaired) electrons. The van der Waals surface area contributed by atoms with E-state index >= 15 is 0 Å². The van der Waals surface area contributed by atoms with Crippen molar-refractivity contribution in [2.75, 3.05) is 11.1 Å². The van der Waals surface area contributed by atoms with Gasteiger partial charge >= 0.3 is 0 Å². The Kier molecular flexibility index (Phi) is 3.82. The van der Waals surface area contributed by atoms with Gasteiger partial charge in [0.05, 0.1) is 11.4 Å². The Morgan fingerprint density at radius 3 is 2.92 bits per heavy atom. The van der Waals surface area contributed by atoms with Gasteiger partial charge in [-0.15, -0.1) is 0 Å². The topological polar surface area (TPSA) is 46.9 Å². The number of carbonyl (C=O) groups is 1. The molecule has 1 aliphatic rings. The van der Waals surface area contributed by atoms with E-state index in [1.807, 2.05) is 30.5 Å². The van der Waals surface area contributed by atoms with E-state index in [9.17, 15) is 9.18 Å². The second-order valence-electron chi connectivity index (χ2n) is 5.46. The van der Waals surface area contributed by atoms with Crippen molar-refractivity contribution in [3.05, 3.63) is 66.1 Å². The molecule has 120 valence electrons. The molecule has 0 atom stereocenters. The zero-order valence-electron chi connectivity index (χ0n) is 12.7. The Hall–Kier alpha value is -2.60. The Balaban J connectivity index is 1.65. The van der Waals surface area contributed by atoms with Crippen LogP contribution in [0.4, 0.5) is 10.1 Å². The number of benzene rings is 2. The van der Waals surface area contributed by atoms with Crippen molar-refractivity contribution in [1.29, 1.82) is 0 Å². The lowest BCUT2D eigenvalue weighted by molar-refractivity contribution is 0.102. The monoisotopic (exact) mass is 339 g/mol. The lowest BCUT2D eigenvalue weighted by atomic mass is 10.1. The normalized spacial score (nSPS) is 12.9. The number of nitrogens with one attached hydrogen (secondary N) is 1. The van der Waals surface area contributed by atoms with Crippen LogP contribution in [0.1, 0.15) is 10.4 Å². The van der Waals surface area contributed by atoms with Crippen LogP contribution in [0.15, 0.2) is 59.9 Å². The number of aromatic nitrogens is 2. The maximum Gasteiger partial charge on any atom is 0.255 e. The third-order valence-corrected chi connectivity index (χ3v) is 4.81. The summed E-state index contributed by atoms with van der Waals surface area (Å²) >= 11 is 1.72. The number of para-hydroxylation sites is 1. The first-order chi connectivity index (χ1) is 11.7. The van der Waals surface area contributed by atoms with Gasteiger partial charge in [-0.3, -0.25) is 4.79 Å². The Morgan fingerprint density at radius 1 is 1.21 bits per heavy atom. The van der Waals surface area contributed by atoms with Gasteiger partial charge < -0.3 is 9.88 Å². The highest BCUT2D eigenvalue weighted by Gasteiger charge is 2.18. The lowest BCUT2D eigenvalue weighted by Crippen LogP contribution is -2.12. The first-order valence-corrected chi connectivity index (χ1v) is 8.55. The average molecular weight is 339 g/mol. The summed E-state index contributed by atoms with van der Waals surface area (Å²) in [6.45, 7) is 0.949. The molecule has 2 aromatic carbocycles. The van der Waals surface area contributed by atoms with E-state index in [1.54, 1.807) is 17.8 Å². The van der Waals surface area contributed by atoms with Gasteiger partial charge in [-0.05, 0) is 24.3 Å². The number of carbonyl (C=O) groups excluding carboxylic acids is 1. The molecule has 0 saturated heterocycles. The summed E-state index contributed by atoms with van der Waals surface area (Å²) in [6.07, 6.45) is 2.00. The third-order valence-electron chi connectivity index (χ3n) is 3.84. The molecule has 0 bridgehead atoms. The van der Waals surface area contributed by atoms with Crippen LogP contribution in [-0.4, -0.2) is 21.2 Å². The molecule has 24 heavy (non-hydrogen) atoms. The van der Waals surface area contributed by atoms with Crippen LogP contribution in [0.3, 0.4) is 0 Å². The Bertz CT molecular complexity index is 901. The third kappa shape index (κ3) is 2.80. The van der Waals surface area contributed by atoms with Crippen molar-refractivity contribution < 1.29 is 9.18 Å². The number of hydrogen-bond donors (Lipinski definition) is 1. The Labute approximate surface area is 142 Å². The summed E-state index contributed by atoms with van der Waals surface area (Å²) in [6, 6.07) is 13.1. The van der Waals surface area contributed by atoms with E-state index in [0.717, 1.165) is 28.7 Å². The van der Waals surface area contributed by atoms with Crippen molar-refractivity contribution in [1.82, 2.24) is 9.55 Å². The van der Waals surface area contributed by atoms with Gasteiger partial charge in [0.1, 0.15) is 5.82 Å². The number of rotatable bonds is 3. The number of amides is 1. The van der Waals surface area contributed by atoms with Crippen LogP contribution in [0.5, 0.6) is 0 Å². The number of fused-ring (bicyclic) bond motifs is 1. The van der Waals surface area contributed by atoms with Gasteiger partial charge in [0.25, 0.3) is 5.91 Å². The van der Waals surface area contributed by atoms with Crippen LogP contribution in [0, 0.1) is 5.82 Å². The molecule has 0 aliphatic carbocycles. The van der Waals surface area contributed by atoms with E-state index in [1.165, 1.54) is 18.2 Å². The summed E-state index contributed by atoms with van der Waals surface area (Å²) in [7, 11) is 0. The van der Waals surface area contributed by atoms with Gasteiger partial charge in [0, 0.05) is 29.6 Å². The van der Waals surface area contributed by atoms with Crippen LogP contribution >= 0.6 is 11.8 Å². The minimum Gasteiger partial charge on any atom is -0.325 e. The summed E-state index contributed by atoms with van der Waals surface area (Å²) in [5.41, 5.74) is 2.62. The molecule has 3 aromatic rings. The first kappa shape index (κ1) is 15.0. The van der Waals surface area contributed by atoms with Crippen molar-refractivity contribution >= 4 is 23.4 Å². The molecule has 1 aromatic heterocycles. The summed E-state index contributed by atoms with van der Waals surface area (Å²) in [5.74, 6) is 0.266. The molecule has 1 N–H and O–H groups in total. The van der Waals surface area contributed by atoms with E-state index in [2.05, 4.69) is 14.9 Å². The molecular formula is C18H14FN3OS. The molecule has 4 nitrogen and oxygen atoms in total. The zero-order valence-corrected chi connectivity index (χ0v) is 13.5. The molecule has 4 rings (SSSR count). The molecule has 0 unspecified atom stereocenters. The SMILES string of the molecule is O=C(Nc1ccccc1-c1cn2c(n1)SCC2)c1cccc(F)c1. The molecule has 1 aliphatic heterocycles. The van der Waals surface area contributed by atoms with Crippen molar-refractivity contribution in [2.24, 2.45) is 0 Å². The maximum absolute atomic E-state index is 13.3. The molecule has 0 saturated carbocycles. The predicted molar refractivity (Wildman–Crippen MR) is 92.7 cm³/mol. The fraction of sp³-hybridized carbons (Fsp3) is 0.111. The second-order valence-corrected chi connectivity index (χ2v) is 6.52. The fourth-order valence-corrected chi connectivity index (χ4v) is 3.62. The van der Waals surface area contributed by atoms with Gasteiger partial charge in [-0.25, -0.2) is 9.37 Å². The lowest BCUT2D eigenvalue weighted by Gasteiger charge is -2.09. The summed E-state index contributed by atoms with van der Waals surface area (Å²) < 4.78 is 15.4. The number of imidazole rings is 1. The largest absolute Gasteiger partial charge is 0.325 e. The minimum absolute atomic E-state index is 0.285. The van der Waals surface area contributed by atoms with E-state index in [-0.39, 0.29) is 11.5 Å². The van der Waals surface area contributed by atoms with Gasteiger partial charge in [0.15, 0.2) is 5.16 Å². The van der Waals surface area contributed by atoms with Gasteiger partial charge in [-0.1, -0.05) is 36.0 Å². The molecule has 2 heterocycles. The number of halogens is 1. The fourth-order valence-electron chi connectivity index (χ4n) is 2.68. The first-order valence-electron chi connectivity index (χ1n) is 7.57. The van der Waals surface area contributed by atoms with Crippen LogP contribution in [0.2, 0.25) is 0 Å². The van der Waals surface area contributed by atoms with Crippen molar-refractivity contribution in [2.45, 2.75) is 11.7 Å². The highest BCUT2D eigenvalue weighted by Crippen LogP contribution is 2.32. The van der Waals surface area contributed by atoms with Crippen LogP contribution in [0.25, 0.3) is 11.3 Å². The van der Waals surface area contributed by atoms with E-state index < -0.39 is 5.82 Å². The number of aryl methyl sites for hydroxylation is 1. The molecule has 0 spiro atoms. The molecule has 6 heteroatoms. The highest BCUT2D eigenvalue weighted by atomic mass is 32.2. The van der Waals surface area contributed by atoms with Gasteiger partial charge in [0.2, 0.25) is 0 Å². The second kappa shape index (κ2) is 6.13. The van der Waals surface area contributed by atoms with Crippen molar-refractivity contribution in [3.63, 3.8) is 0 Å². The Morgan fingerprint density at radius 2 is 2.08 bits per heavy atom. The summed E-state index contributed by atoms with van der Waals surface area (Å²) in [5, 5.41) is 3.85. The maximum atomic E-state index is 13.3. The minimum atomic E-state index is -0.432. The standard InChI is InChI=1S/C18H14FN3OS/c19-13-5-3-4-12(10-13)17(23)20-15-7-2-1-6-14(15)16-11-22-8-9-24-18(22)21-16/h1-7,10-11H,8-9H2,(H,20,23). The van der Waals surface area contributed by atoms with Crippen LogP contribution < -0.4 is 5.32 Å². The smallest absolute Gasteiger partial charge is 0.255 e. The summed E-state index contributed by atoms with van der Waals surface area (Å²) in [4.78, 5) is 17.0. The van der Waals surface area contributed by atoms with Crippen LogP contribution in [-0.2, 0) is 6.54 Å². The number of hydrogen-bond acceptors (Lipinski definition) is 3. The molecular weight excluding hydrogens is 325 g/mol. The van der Waals surface area contributed by atoms with E-state index in [4.69, 9.17) is 0 Å². The quantitative estimate of drug-likeness (QED) is 0.783. The predicted octanol–water partition coefficient (Wildman–Crippen LogP) is 4.05. The number of anilines is 1. The number of thioether (sulfide) groups is 1. The average Bonchev–Trinajstić information content (AvgIpc) is 3.17. The molecule has 0 fully saturated rings. The number of nitrogens with zero attached hydrogens (tertiary/aromatic N) is 2. The van der Waals surface area contributed by atoms with Gasteiger partial charge in [-0.2, -0.15) is 0 Å².